The zero-order valence-electron chi connectivity index (χ0n) is 16.2. The Morgan fingerprint density at radius 3 is 2.38 bits per heavy atom. The highest BCUT2D eigenvalue weighted by atomic mass is 35.5. The van der Waals surface area contributed by atoms with Crippen molar-refractivity contribution < 1.29 is 0 Å². The minimum absolute atomic E-state index is 0.709. The van der Waals surface area contributed by atoms with Gasteiger partial charge in [-0.15, -0.1) is 0 Å². The van der Waals surface area contributed by atoms with E-state index in [9.17, 15) is 0 Å². The first kappa shape index (κ1) is 19.4. The van der Waals surface area contributed by atoms with Crippen molar-refractivity contribution >= 4 is 34.3 Å². The number of benzene rings is 3. The van der Waals surface area contributed by atoms with Crippen LogP contribution < -0.4 is 5.43 Å². The van der Waals surface area contributed by atoms with Crippen molar-refractivity contribution in [3.63, 3.8) is 0 Å². The smallest absolute Gasteiger partial charge is 0.204 e. The summed E-state index contributed by atoms with van der Waals surface area (Å²) in [6, 6.07) is 24.3. The van der Waals surface area contributed by atoms with Crippen molar-refractivity contribution in [2.75, 3.05) is 5.43 Å². The fourth-order valence-electron chi connectivity index (χ4n) is 2.95. The highest BCUT2D eigenvalue weighted by Crippen LogP contribution is 2.39. The van der Waals surface area contributed by atoms with E-state index in [4.69, 9.17) is 16.6 Å². The number of rotatable bonds is 5. The number of hydrogen-bond acceptors (Lipinski definition) is 4. The van der Waals surface area contributed by atoms with Crippen LogP contribution in [0.1, 0.15) is 16.7 Å². The van der Waals surface area contributed by atoms with Gasteiger partial charge >= 0.3 is 0 Å². The third-order valence-electron chi connectivity index (χ3n) is 4.69. The minimum atomic E-state index is 0.709. The standard InChI is InChI=1S/C24H20ClN3S/c1-16-8-11-20(14-17(16)2)22-23(19-6-4-3-5-7-19)29-24(27-22)28-26-15-18-9-12-21(25)13-10-18/h3-15H,1-2H3,(H,27,28)/b26-15-. The number of aromatic nitrogens is 1. The number of hydrazone groups is 1. The largest absolute Gasteiger partial charge is 0.253 e. The molecular formula is C24H20ClN3S. The average molecular weight is 418 g/mol. The van der Waals surface area contributed by atoms with E-state index < -0.39 is 0 Å². The molecule has 4 rings (SSSR count). The zero-order chi connectivity index (χ0) is 20.2. The van der Waals surface area contributed by atoms with Crippen molar-refractivity contribution in [2.24, 2.45) is 5.10 Å². The number of aryl methyl sites for hydroxylation is 2. The molecule has 3 aromatic carbocycles. The molecule has 4 aromatic rings. The maximum absolute atomic E-state index is 5.93. The van der Waals surface area contributed by atoms with E-state index in [1.54, 1.807) is 17.6 Å². The molecular weight excluding hydrogens is 398 g/mol. The summed E-state index contributed by atoms with van der Waals surface area (Å²) in [6.07, 6.45) is 1.76. The van der Waals surface area contributed by atoms with Gasteiger partial charge in [0.1, 0.15) is 0 Å². The Hall–Kier alpha value is -2.95. The molecule has 0 bridgehead atoms. The number of hydrogen-bond donors (Lipinski definition) is 1. The Morgan fingerprint density at radius 2 is 1.66 bits per heavy atom. The average Bonchev–Trinajstić information content (AvgIpc) is 3.16. The molecule has 0 aliphatic rings. The lowest BCUT2D eigenvalue weighted by Gasteiger charge is -2.05. The van der Waals surface area contributed by atoms with Crippen LogP contribution in [0, 0.1) is 13.8 Å². The van der Waals surface area contributed by atoms with Gasteiger partial charge in [-0.25, -0.2) is 4.98 Å². The normalized spacial score (nSPS) is 11.1. The Kier molecular flexibility index (Phi) is 5.74. The quantitative estimate of drug-likeness (QED) is 0.275. The van der Waals surface area contributed by atoms with E-state index in [0.717, 1.165) is 32.4 Å². The van der Waals surface area contributed by atoms with Crippen LogP contribution in [0.25, 0.3) is 21.7 Å². The fraction of sp³-hybridized carbons (Fsp3) is 0.0833. The summed E-state index contributed by atoms with van der Waals surface area (Å²) in [5.74, 6) is 0. The first-order chi connectivity index (χ1) is 14.1. The van der Waals surface area contributed by atoms with Gasteiger partial charge in [0.05, 0.1) is 16.8 Å². The molecule has 144 valence electrons. The van der Waals surface area contributed by atoms with Crippen LogP contribution in [-0.4, -0.2) is 11.2 Å². The molecule has 0 spiro atoms. The molecule has 0 saturated heterocycles. The van der Waals surface area contributed by atoms with Gasteiger partial charge in [0.2, 0.25) is 5.13 Å². The maximum atomic E-state index is 5.93. The molecule has 5 heteroatoms. The SMILES string of the molecule is Cc1ccc(-c2nc(N/N=C\c3ccc(Cl)cc3)sc2-c2ccccc2)cc1C. The van der Waals surface area contributed by atoms with Gasteiger partial charge < -0.3 is 0 Å². The van der Waals surface area contributed by atoms with Gasteiger partial charge in [-0.1, -0.05) is 77.5 Å². The van der Waals surface area contributed by atoms with Crippen LogP contribution >= 0.6 is 22.9 Å². The van der Waals surface area contributed by atoms with Crippen LogP contribution in [0.2, 0.25) is 5.02 Å². The lowest BCUT2D eigenvalue weighted by Crippen LogP contribution is -1.90. The van der Waals surface area contributed by atoms with Crippen LogP contribution in [-0.2, 0) is 0 Å². The van der Waals surface area contributed by atoms with E-state index in [-0.39, 0.29) is 0 Å². The highest BCUT2D eigenvalue weighted by molar-refractivity contribution is 7.19. The minimum Gasteiger partial charge on any atom is -0.253 e. The molecule has 0 unspecified atom stereocenters. The Bertz CT molecular complexity index is 1150. The number of nitrogens with zero attached hydrogens (tertiary/aromatic N) is 2. The van der Waals surface area contributed by atoms with Crippen molar-refractivity contribution in [1.82, 2.24) is 4.98 Å². The summed E-state index contributed by atoms with van der Waals surface area (Å²) in [7, 11) is 0. The second kappa shape index (κ2) is 8.60. The predicted molar refractivity (Wildman–Crippen MR) is 125 cm³/mol. The highest BCUT2D eigenvalue weighted by Gasteiger charge is 2.15. The third kappa shape index (κ3) is 4.56. The maximum Gasteiger partial charge on any atom is 0.204 e. The Morgan fingerprint density at radius 1 is 0.897 bits per heavy atom. The van der Waals surface area contributed by atoms with Gasteiger partial charge in [0.15, 0.2) is 0 Å². The lowest BCUT2D eigenvalue weighted by atomic mass is 10.0. The number of nitrogens with one attached hydrogen (secondary N) is 1. The van der Waals surface area contributed by atoms with Gasteiger partial charge in [0.25, 0.3) is 0 Å². The van der Waals surface area contributed by atoms with E-state index in [1.165, 1.54) is 11.1 Å². The van der Waals surface area contributed by atoms with Gasteiger partial charge in [-0.3, -0.25) is 5.43 Å². The summed E-state index contributed by atoms with van der Waals surface area (Å²) >= 11 is 7.53. The van der Waals surface area contributed by atoms with Gasteiger partial charge in [-0.2, -0.15) is 5.10 Å². The predicted octanol–water partition coefficient (Wildman–Crippen LogP) is 7.19. The Labute approximate surface area is 179 Å². The molecule has 0 amide bonds. The summed E-state index contributed by atoms with van der Waals surface area (Å²) in [5, 5.41) is 5.81. The first-order valence-electron chi connectivity index (χ1n) is 9.29. The molecule has 29 heavy (non-hydrogen) atoms. The summed E-state index contributed by atoms with van der Waals surface area (Å²) < 4.78 is 0. The van der Waals surface area contributed by atoms with Crippen molar-refractivity contribution in [2.45, 2.75) is 13.8 Å². The van der Waals surface area contributed by atoms with E-state index in [0.29, 0.717) is 5.02 Å². The van der Waals surface area contributed by atoms with Crippen LogP contribution in [0.5, 0.6) is 0 Å². The summed E-state index contributed by atoms with van der Waals surface area (Å²) in [5.41, 5.74) is 9.80. The lowest BCUT2D eigenvalue weighted by molar-refractivity contribution is 1.28. The summed E-state index contributed by atoms with van der Waals surface area (Å²) in [6.45, 7) is 4.25. The molecule has 0 aliphatic carbocycles. The van der Waals surface area contributed by atoms with E-state index in [2.05, 4.69) is 54.7 Å². The molecule has 3 nitrogen and oxygen atoms in total. The number of anilines is 1. The first-order valence-corrected chi connectivity index (χ1v) is 10.5. The number of halogens is 1. The molecule has 0 atom stereocenters. The molecule has 1 heterocycles. The topological polar surface area (TPSA) is 37.3 Å². The molecule has 1 N–H and O–H groups in total. The number of thiazole rings is 1. The Balaban J connectivity index is 1.67. The molecule has 0 saturated carbocycles. The van der Waals surface area contributed by atoms with E-state index in [1.807, 2.05) is 42.5 Å². The summed E-state index contributed by atoms with van der Waals surface area (Å²) in [4.78, 5) is 5.97. The molecule has 0 fully saturated rings. The van der Waals surface area contributed by atoms with Crippen molar-refractivity contribution in [3.05, 3.63) is 94.5 Å². The van der Waals surface area contributed by atoms with Gasteiger partial charge in [0, 0.05) is 10.6 Å². The van der Waals surface area contributed by atoms with Crippen LogP contribution in [0.15, 0.2) is 77.9 Å². The van der Waals surface area contributed by atoms with Crippen LogP contribution in [0.4, 0.5) is 5.13 Å². The molecule has 0 radical (unpaired) electrons. The van der Waals surface area contributed by atoms with E-state index >= 15 is 0 Å². The van der Waals surface area contributed by atoms with Gasteiger partial charge in [-0.05, 0) is 54.3 Å². The van der Waals surface area contributed by atoms with Crippen molar-refractivity contribution in [1.29, 1.82) is 0 Å². The fourth-order valence-corrected chi connectivity index (χ4v) is 4.02. The third-order valence-corrected chi connectivity index (χ3v) is 5.95. The van der Waals surface area contributed by atoms with Crippen molar-refractivity contribution in [3.8, 4) is 21.7 Å². The van der Waals surface area contributed by atoms with Crippen LogP contribution in [0.3, 0.4) is 0 Å². The molecule has 0 aliphatic heterocycles. The molecule has 1 aromatic heterocycles. The monoisotopic (exact) mass is 417 g/mol. The zero-order valence-corrected chi connectivity index (χ0v) is 17.8. The second-order valence-corrected chi connectivity index (χ2v) is 8.22. The second-order valence-electron chi connectivity index (χ2n) is 6.78.